The quantitative estimate of drug-likeness (QED) is 0.572. The number of nitrogens with one attached hydrogen (secondary N) is 2. The minimum Gasteiger partial charge on any atom is -0.489 e. The molecule has 29 heavy (non-hydrogen) atoms. The van der Waals surface area contributed by atoms with Crippen molar-refractivity contribution >= 4 is 17.5 Å². The Labute approximate surface area is 168 Å². The lowest BCUT2D eigenvalue weighted by Gasteiger charge is -2.15. The summed E-state index contributed by atoms with van der Waals surface area (Å²) in [5.41, 5.74) is 0.725. The normalized spacial score (nSPS) is 14.1. The van der Waals surface area contributed by atoms with Crippen LogP contribution in [0.5, 0.6) is 5.75 Å². The largest absolute Gasteiger partial charge is 0.489 e. The van der Waals surface area contributed by atoms with Crippen LogP contribution in [0.1, 0.15) is 24.2 Å². The molecule has 0 aliphatic heterocycles. The van der Waals surface area contributed by atoms with Crippen molar-refractivity contribution in [2.24, 2.45) is 5.41 Å². The van der Waals surface area contributed by atoms with E-state index in [1.165, 1.54) is 0 Å². The molecule has 1 aliphatic carbocycles. The fourth-order valence-electron chi connectivity index (χ4n) is 3.06. The fraction of sp³-hybridized carbons (Fsp3) is 0.217. The number of carbonyl (C=O) groups excluding carboxylic acids is 2. The fourth-order valence-corrected chi connectivity index (χ4v) is 3.06. The van der Waals surface area contributed by atoms with Gasteiger partial charge in [0.05, 0.1) is 12.8 Å². The van der Waals surface area contributed by atoms with Gasteiger partial charge in [0.1, 0.15) is 23.5 Å². The smallest absolute Gasteiger partial charge is 0.240 e. The monoisotopic (exact) mass is 390 g/mol. The van der Waals surface area contributed by atoms with E-state index in [4.69, 9.17) is 9.15 Å². The van der Waals surface area contributed by atoms with Crippen molar-refractivity contribution in [1.82, 2.24) is 5.32 Å². The first-order valence-corrected chi connectivity index (χ1v) is 9.55. The second-order valence-corrected chi connectivity index (χ2v) is 7.10. The summed E-state index contributed by atoms with van der Waals surface area (Å²) in [6, 6.07) is 20.6. The van der Waals surface area contributed by atoms with Crippen molar-refractivity contribution in [1.29, 1.82) is 0 Å². The van der Waals surface area contributed by atoms with Crippen LogP contribution in [-0.4, -0.2) is 11.8 Å². The molecule has 6 heteroatoms. The molecule has 1 heterocycles. The second-order valence-electron chi connectivity index (χ2n) is 7.10. The summed E-state index contributed by atoms with van der Waals surface area (Å²) >= 11 is 0. The van der Waals surface area contributed by atoms with Crippen molar-refractivity contribution in [3.8, 4) is 5.75 Å². The minimum atomic E-state index is -0.991. The molecule has 0 unspecified atom stereocenters. The molecule has 6 nitrogen and oxygen atoms in total. The van der Waals surface area contributed by atoms with Crippen molar-refractivity contribution in [3.05, 3.63) is 84.3 Å². The molecule has 0 radical (unpaired) electrons. The molecule has 2 amide bonds. The van der Waals surface area contributed by atoms with Crippen LogP contribution in [-0.2, 0) is 22.7 Å². The Morgan fingerprint density at radius 1 is 0.931 bits per heavy atom. The van der Waals surface area contributed by atoms with Gasteiger partial charge >= 0.3 is 0 Å². The van der Waals surface area contributed by atoms with Crippen LogP contribution >= 0.6 is 0 Å². The van der Waals surface area contributed by atoms with Gasteiger partial charge in [-0.25, -0.2) is 0 Å². The van der Waals surface area contributed by atoms with E-state index in [2.05, 4.69) is 10.6 Å². The second kappa shape index (κ2) is 8.22. The first-order valence-electron chi connectivity index (χ1n) is 9.55. The van der Waals surface area contributed by atoms with E-state index in [1.54, 1.807) is 42.7 Å². The van der Waals surface area contributed by atoms with Gasteiger partial charge in [-0.15, -0.1) is 0 Å². The van der Waals surface area contributed by atoms with Gasteiger partial charge in [0, 0.05) is 5.69 Å². The zero-order valence-corrected chi connectivity index (χ0v) is 15.9. The van der Waals surface area contributed by atoms with E-state index in [0.29, 0.717) is 36.6 Å². The Morgan fingerprint density at radius 2 is 1.69 bits per heavy atom. The number of carbonyl (C=O) groups is 2. The van der Waals surface area contributed by atoms with Crippen molar-refractivity contribution in [2.45, 2.75) is 26.0 Å². The highest BCUT2D eigenvalue weighted by Gasteiger charge is 2.56. The zero-order valence-electron chi connectivity index (χ0n) is 15.9. The molecular weight excluding hydrogens is 368 g/mol. The average molecular weight is 390 g/mol. The van der Waals surface area contributed by atoms with Gasteiger partial charge in [-0.3, -0.25) is 9.59 Å². The molecule has 4 rings (SSSR count). The standard InChI is InChI=1S/C23H22N2O4/c26-21(24-15-20-7-4-14-28-20)23(12-13-23)22(27)25-18-8-10-19(11-9-18)29-16-17-5-2-1-3-6-17/h1-11,14H,12-13,15-16H2,(H,24,26)(H,25,27). The van der Waals surface area contributed by atoms with E-state index in [0.717, 1.165) is 5.56 Å². The summed E-state index contributed by atoms with van der Waals surface area (Å²) < 4.78 is 11.0. The minimum absolute atomic E-state index is 0.269. The molecule has 1 fully saturated rings. The molecule has 0 spiro atoms. The lowest BCUT2D eigenvalue weighted by Crippen LogP contribution is -2.39. The van der Waals surface area contributed by atoms with Crippen LogP contribution < -0.4 is 15.4 Å². The van der Waals surface area contributed by atoms with Gasteiger partial charge in [-0.1, -0.05) is 30.3 Å². The van der Waals surface area contributed by atoms with Crippen LogP contribution in [0.15, 0.2) is 77.4 Å². The molecule has 148 valence electrons. The SMILES string of the molecule is O=C(NCc1ccco1)C1(C(=O)Nc2ccc(OCc3ccccc3)cc2)CC1. The number of amides is 2. The van der Waals surface area contributed by atoms with E-state index in [9.17, 15) is 9.59 Å². The summed E-state index contributed by atoms with van der Waals surface area (Å²) in [6.07, 6.45) is 2.64. The third-order valence-corrected chi connectivity index (χ3v) is 4.98. The Hall–Kier alpha value is -3.54. The third kappa shape index (κ3) is 4.48. The Bertz CT molecular complexity index is 962. The maximum absolute atomic E-state index is 12.7. The summed E-state index contributed by atoms with van der Waals surface area (Å²) in [7, 11) is 0. The van der Waals surface area contributed by atoms with Crippen LogP contribution in [0.25, 0.3) is 0 Å². The highest BCUT2D eigenvalue weighted by molar-refractivity contribution is 6.13. The summed E-state index contributed by atoms with van der Waals surface area (Å²) in [4.78, 5) is 25.2. The average Bonchev–Trinajstić information content (AvgIpc) is 3.41. The number of rotatable bonds is 8. The first kappa shape index (κ1) is 18.8. The third-order valence-electron chi connectivity index (χ3n) is 4.98. The van der Waals surface area contributed by atoms with E-state index in [-0.39, 0.29) is 18.4 Å². The maximum atomic E-state index is 12.7. The molecule has 2 N–H and O–H groups in total. The molecule has 1 aromatic heterocycles. The molecule has 2 aromatic carbocycles. The van der Waals surface area contributed by atoms with Gasteiger partial charge in [0.15, 0.2) is 0 Å². The highest BCUT2D eigenvalue weighted by atomic mass is 16.5. The molecule has 0 atom stereocenters. The number of furan rings is 1. The van der Waals surface area contributed by atoms with Crippen LogP contribution in [0.3, 0.4) is 0 Å². The van der Waals surface area contributed by atoms with Gasteiger partial charge in [-0.2, -0.15) is 0 Å². The molecule has 1 aliphatic rings. The summed E-state index contributed by atoms with van der Waals surface area (Å²) in [5, 5.41) is 5.62. The van der Waals surface area contributed by atoms with E-state index < -0.39 is 5.41 Å². The van der Waals surface area contributed by atoms with E-state index >= 15 is 0 Å². The van der Waals surface area contributed by atoms with E-state index in [1.807, 2.05) is 30.3 Å². The van der Waals surface area contributed by atoms with Crippen molar-refractivity contribution in [3.63, 3.8) is 0 Å². The summed E-state index contributed by atoms with van der Waals surface area (Å²) in [6.45, 7) is 0.750. The summed E-state index contributed by atoms with van der Waals surface area (Å²) in [5.74, 6) is 0.812. The maximum Gasteiger partial charge on any atom is 0.240 e. The van der Waals surface area contributed by atoms with Crippen molar-refractivity contribution < 1.29 is 18.7 Å². The molecular formula is C23H22N2O4. The van der Waals surface area contributed by atoms with Gasteiger partial charge in [0.2, 0.25) is 11.8 Å². The lowest BCUT2D eigenvalue weighted by atomic mass is 10.0. The van der Waals surface area contributed by atoms with Crippen LogP contribution in [0.4, 0.5) is 5.69 Å². The predicted octanol–water partition coefficient (Wildman–Crippen LogP) is 3.89. The molecule has 3 aromatic rings. The van der Waals surface area contributed by atoms with Crippen LogP contribution in [0, 0.1) is 5.41 Å². The van der Waals surface area contributed by atoms with Crippen LogP contribution in [0.2, 0.25) is 0 Å². The first-order chi connectivity index (χ1) is 14.2. The Balaban J connectivity index is 1.30. The van der Waals surface area contributed by atoms with Gasteiger partial charge < -0.3 is 19.8 Å². The van der Waals surface area contributed by atoms with Gasteiger partial charge in [0.25, 0.3) is 0 Å². The van der Waals surface area contributed by atoms with Gasteiger partial charge in [-0.05, 0) is 54.8 Å². The Kier molecular flexibility index (Phi) is 5.33. The topological polar surface area (TPSA) is 80.6 Å². The number of ether oxygens (including phenoxy) is 1. The van der Waals surface area contributed by atoms with Crippen molar-refractivity contribution in [2.75, 3.05) is 5.32 Å². The zero-order chi connectivity index (χ0) is 20.1. The number of hydrogen-bond acceptors (Lipinski definition) is 4. The Morgan fingerprint density at radius 3 is 2.34 bits per heavy atom. The molecule has 1 saturated carbocycles. The predicted molar refractivity (Wildman–Crippen MR) is 108 cm³/mol. The lowest BCUT2D eigenvalue weighted by molar-refractivity contribution is -0.134. The number of benzene rings is 2. The number of anilines is 1. The molecule has 0 saturated heterocycles. The highest BCUT2D eigenvalue weighted by Crippen LogP contribution is 2.47. The molecule has 0 bridgehead atoms. The number of hydrogen-bond donors (Lipinski definition) is 2.